The first-order chi connectivity index (χ1) is 13.2. The lowest BCUT2D eigenvalue weighted by Gasteiger charge is -2.24. The zero-order valence-corrected chi connectivity index (χ0v) is 15.1. The lowest BCUT2D eigenvalue weighted by molar-refractivity contribution is 0.0930. The van der Waals surface area contributed by atoms with Crippen LogP contribution in [0.4, 0.5) is 0 Å². The molecule has 27 heavy (non-hydrogen) atoms. The molecule has 0 aliphatic carbocycles. The third-order valence-corrected chi connectivity index (χ3v) is 4.58. The first-order valence-electron chi connectivity index (χ1n) is 9.06. The Morgan fingerprint density at radius 1 is 1.37 bits per heavy atom. The fraction of sp³-hybridized carbons (Fsp3) is 0.368. The van der Waals surface area contributed by atoms with Gasteiger partial charge in [-0.3, -0.25) is 4.79 Å². The van der Waals surface area contributed by atoms with Crippen LogP contribution >= 0.6 is 0 Å². The van der Waals surface area contributed by atoms with E-state index in [2.05, 4.69) is 25.0 Å². The number of amides is 1. The molecule has 0 saturated carbocycles. The van der Waals surface area contributed by atoms with E-state index in [0.717, 1.165) is 25.2 Å². The van der Waals surface area contributed by atoms with E-state index in [1.54, 1.807) is 30.5 Å². The molecule has 1 unspecified atom stereocenters. The van der Waals surface area contributed by atoms with Crippen LogP contribution in [0.1, 0.15) is 41.2 Å². The minimum absolute atomic E-state index is 0.0858. The van der Waals surface area contributed by atoms with Crippen LogP contribution < -0.4 is 10.1 Å². The van der Waals surface area contributed by atoms with Crippen LogP contribution in [0.25, 0.3) is 0 Å². The zero-order chi connectivity index (χ0) is 18.6. The van der Waals surface area contributed by atoms with Crippen LogP contribution in [-0.2, 0) is 26.0 Å². The molecule has 1 aliphatic rings. The normalized spacial score (nSPS) is 16.0. The highest BCUT2D eigenvalue weighted by Gasteiger charge is 2.21. The third kappa shape index (κ3) is 3.99. The van der Waals surface area contributed by atoms with E-state index in [0.29, 0.717) is 29.4 Å². The highest BCUT2D eigenvalue weighted by atomic mass is 16.5. The van der Waals surface area contributed by atoms with Crippen molar-refractivity contribution in [3.05, 3.63) is 59.8 Å². The Morgan fingerprint density at radius 2 is 2.22 bits per heavy atom. The van der Waals surface area contributed by atoms with Crippen molar-refractivity contribution in [2.75, 3.05) is 0 Å². The Hall–Kier alpha value is -3.16. The number of nitrogens with zero attached hydrogens (tertiary/aromatic N) is 4. The molecule has 1 aliphatic heterocycles. The highest BCUT2D eigenvalue weighted by Crippen LogP contribution is 2.16. The van der Waals surface area contributed by atoms with Crippen molar-refractivity contribution in [2.24, 2.45) is 0 Å². The van der Waals surface area contributed by atoms with Gasteiger partial charge < -0.3 is 19.1 Å². The molecule has 8 heteroatoms. The van der Waals surface area contributed by atoms with Gasteiger partial charge in [-0.25, -0.2) is 4.98 Å². The Bertz CT molecular complexity index is 916. The fourth-order valence-electron chi connectivity index (χ4n) is 3.09. The summed E-state index contributed by atoms with van der Waals surface area (Å²) in [4.78, 5) is 21.0. The molecular formula is C19H21N5O3. The molecule has 3 aromatic rings. The van der Waals surface area contributed by atoms with Gasteiger partial charge in [0.1, 0.15) is 11.6 Å². The second kappa shape index (κ2) is 7.61. The minimum Gasteiger partial charge on any atom is -0.485 e. The molecule has 1 N–H and O–H groups in total. The summed E-state index contributed by atoms with van der Waals surface area (Å²) in [6.45, 7) is 3.05. The number of rotatable bonds is 6. The number of fused-ring (bicyclic) bond motifs is 1. The quantitative estimate of drug-likeness (QED) is 0.717. The molecule has 4 rings (SSSR count). The molecule has 0 fully saturated rings. The first-order valence-corrected chi connectivity index (χ1v) is 9.06. The van der Waals surface area contributed by atoms with Crippen molar-refractivity contribution in [2.45, 2.75) is 45.4 Å². The summed E-state index contributed by atoms with van der Waals surface area (Å²) < 4.78 is 12.8. The smallest absolute Gasteiger partial charge is 0.251 e. The zero-order valence-electron chi connectivity index (χ0n) is 15.1. The summed E-state index contributed by atoms with van der Waals surface area (Å²) in [6, 6.07) is 7.14. The van der Waals surface area contributed by atoms with Crippen LogP contribution in [0.5, 0.6) is 5.75 Å². The van der Waals surface area contributed by atoms with Crippen molar-refractivity contribution in [1.82, 2.24) is 25.0 Å². The number of hydrogen-bond donors (Lipinski definition) is 1. The van der Waals surface area contributed by atoms with Crippen molar-refractivity contribution in [1.29, 1.82) is 0 Å². The van der Waals surface area contributed by atoms with E-state index in [1.165, 1.54) is 0 Å². The lowest BCUT2D eigenvalue weighted by atomic mass is 10.1. The van der Waals surface area contributed by atoms with E-state index in [-0.39, 0.29) is 18.6 Å². The van der Waals surface area contributed by atoms with Crippen molar-refractivity contribution in [3.8, 4) is 5.75 Å². The van der Waals surface area contributed by atoms with Crippen LogP contribution in [-0.4, -0.2) is 31.6 Å². The van der Waals surface area contributed by atoms with Gasteiger partial charge in [0.05, 0.1) is 0 Å². The minimum atomic E-state index is -0.0858. The largest absolute Gasteiger partial charge is 0.485 e. The SMILES string of the molecule is CCc1nc(COc2ccc(C(=O)NC3CCn4ccnc4C3)cc2)no1. The van der Waals surface area contributed by atoms with Gasteiger partial charge in [0.2, 0.25) is 11.7 Å². The summed E-state index contributed by atoms with van der Waals surface area (Å²) in [6.07, 6.45) is 6.13. The van der Waals surface area contributed by atoms with Crippen molar-refractivity contribution < 1.29 is 14.1 Å². The van der Waals surface area contributed by atoms with Gasteiger partial charge in [0.25, 0.3) is 5.91 Å². The molecule has 1 amide bonds. The Labute approximate surface area is 156 Å². The van der Waals surface area contributed by atoms with Gasteiger partial charge in [-0.15, -0.1) is 0 Å². The van der Waals surface area contributed by atoms with Crippen molar-refractivity contribution >= 4 is 5.91 Å². The number of aryl methyl sites for hydroxylation is 2. The molecule has 0 saturated heterocycles. The Kier molecular flexibility index (Phi) is 4.86. The molecular weight excluding hydrogens is 346 g/mol. The van der Waals surface area contributed by atoms with Gasteiger partial charge >= 0.3 is 0 Å². The predicted molar refractivity (Wildman–Crippen MR) is 96.3 cm³/mol. The average Bonchev–Trinajstić information content (AvgIpc) is 3.35. The summed E-state index contributed by atoms with van der Waals surface area (Å²) >= 11 is 0. The van der Waals surface area contributed by atoms with Crippen LogP contribution in [0.2, 0.25) is 0 Å². The number of nitrogens with one attached hydrogen (secondary N) is 1. The number of hydrogen-bond acceptors (Lipinski definition) is 6. The average molecular weight is 367 g/mol. The maximum Gasteiger partial charge on any atom is 0.251 e. The van der Waals surface area contributed by atoms with E-state index >= 15 is 0 Å². The van der Waals surface area contributed by atoms with Crippen LogP contribution in [0.15, 0.2) is 41.2 Å². The molecule has 0 bridgehead atoms. The lowest BCUT2D eigenvalue weighted by Crippen LogP contribution is -2.40. The summed E-state index contributed by atoms with van der Waals surface area (Å²) in [5, 5.41) is 6.93. The molecule has 8 nitrogen and oxygen atoms in total. The summed E-state index contributed by atoms with van der Waals surface area (Å²) in [5.74, 6) is 2.67. The topological polar surface area (TPSA) is 95.1 Å². The molecule has 140 valence electrons. The molecule has 2 aromatic heterocycles. The van der Waals surface area contributed by atoms with Gasteiger partial charge in [0.15, 0.2) is 6.61 Å². The monoisotopic (exact) mass is 367 g/mol. The van der Waals surface area contributed by atoms with Gasteiger partial charge in [-0.1, -0.05) is 12.1 Å². The van der Waals surface area contributed by atoms with Gasteiger partial charge in [-0.05, 0) is 30.7 Å². The maximum absolute atomic E-state index is 12.5. The van der Waals surface area contributed by atoms with Crippen LogP contribution in [0, 0.1) is 0 Å². The summed E-state index contributed by atoms with van der Waals surface area (Å²) in [7, 11) is 0. The van der Waals surface area contributed by atoms with E-state index < -0.39 is 0 Å². The first kappa shape index (κ1) is 17.3. The molecule has 3 heterocycles. The molecule has 1 atom stereocenters. The molecule has 0 radical (unpaired) electrons. The fourth-order valence-corrected chi connectivity index (χ4v) is 3.09. The third-order valence-electron chi connectivity index (χ3n) is 4.58. The number of carbonyl (C=O) groups is 1. The van der Waals surface area contributed by atoms with Crippen LogP contribution in [0.3, 0.4) is 0 Å². The standard InChI is InChI=1S/C19H21N5O3/c1-2-18-22-16(23-27-18)12-26-15-5-3-13(4-6-15)19(25)21-14-7-9-24-10-8-20-17(24)11-14/h3-6,8,10,14H,2,7,9,11-12H2,1H3,(H,21,25). The van der Waals surface area contributed by atoms with Gasteiger partial charge in [-0.2, -0.15) is 4.98 Å². The van der Waals surface area contributed by atoms with E-state index in [1.807, 2.05) is 13.1 Å². The molecule has 1 aromatic carbocycles. The van der Waals surface area contributed by atoms with E-state index in [9.17, 15) is 4.79 Å². The second-order valence-electron chi connectivity index (χ2n) is 6.47. The Morgan fingerprint density at radius 3 is 3.00 bits per heavy atom. The number of carbonyl (C=O) groups excluding carboxylic acids is 1. The second-order valence-corrected chi connectivity index (χ2v) is 6.47. The predicted octanol–water partition coefficient (Wildman–Crippen LogP) is 2.15. The highest BCUT2D eigenvalue weighted by molar-refractivity contribution is 5.94. The molecule has 0 spiro atoms. The maximum atomic E-state index is 12.5. The number of ether oxygens (including phenoxy) is 1. The number of benzene rings is 1. The van der Waals surface area contributed by atoms with E-state index in [4.69, 9.17) is 9.26 Å². The summed E-state index contributed by atoms with van der Waals surface area (Å²) in [5.41, 5.74) is 0.601. The Balaban J connectivity index is 1.31. The number of aromatic nitrogens is 4. The number of imidazole rings is 1. The van der Waals surface area contributed by atoms with Crippen molar-refractivity contribution in [3.63, 3.8) is 0 Å². The van der Waals surface area contributed by atoms with Gasteiger partial charge in [0, 0.05) is 43.4 Å².